The minimum absolute atomic E-state index is 0.225. The van der Waals surface area contributed by atoms with Crippen LogP contribution >= 0.6 is 0 Å². The van der Waals surface area contributed by atoms with Crippen LogP contribution in [0.15, 0.2) is 12.1 Å². The Morgan fingerprint density at radius 2 is 1.58 bits per heavy atom. The van der Waals surface area contributed by atoms with Crippen LogP contribution in [0.3, 0.4) is 0 Å². The van der Waals surface area contributed by atoms with Crippen molar-refractivity contribution in [2.45, 2.75) is 0 Å². The lowest BCUT2D eigenvalue weighted by molar-refractivity contribution is -0.117. The molecule has 0 saturated heterocycles. The summed E-state index contributed by atoms with van der Waals surface area (Å²) in [7, 11) is 0. The zero-order valence-electron chi connectivity index (χ0n) is 9.69. The Morgan fingerprint density at radius 1 is 1.16 bits per heavy atom. The Hall–Kier alpha value is -2.69. The molecule has 0 bridgehead atoms. The SMILES string of the molecule is N#Cc1cc(F)c(N(CC(N)=O)CC(N)=O)c(F)c1. The summed E-state index contributed by atoms with van der Waals surface area (Å²) in [4.78, 5) is 22.5. The fourth-order valence-electron chi connectivity index (χ4n) is 1.52. The second-order valence-electron chi connectivity index (χ2n) is 3.69. The molecule has 0 aliphatic heterocycles. The number of hydrogen-bond donors (Lipinski definition) is 2. The number of halogens is 2. The maximum absolute atomic E-state index is 13.7. The van der Waals surface area contributed by atoms with Gasteiger partial charge in [0.05, 0.1) is 24.7 Å². The summed E-state index contributed by atoms with van der Waals surface area (Å²) in [6.07, 6.45) is 0. The number of carbonyl (C=O) groups excluding carboxylic acids is 2. The van der Waals surface area contributed by atoms with Crippen LogP contribution in [0.25, 0.3) is 0 Å². The van der Waals surface area contributed by atoms with Crippen LogP contribution in [-0.4, -0.2) is 24.9 Å². The molecule has 0 atom stereocenters. The van der Waals surface area contributed by atoms with E-state index in [-0.39, 0.29) is 5.56 Å². The van der Waals surface area contributed by atoms with Gasteiger partial charge in [-0.2, -0.15) is 5.26 Å². The number of carbonyl (C=O) groups is 2. The van der Waals surface area contributed by atoms with E-state index in [2.05, 4.69) is 0 Å². The van der Waals surface area contributed by atoms with E-state index in [4.69, 9.17) is 16.7 Å². The molecule has 1 rings (SSSR count). The monoisotopic (exact) mass is 268 g/mol. The second kappa shape index (κ2) is 5.77. The van der Waals surface area contributed by atoms with E-state index < -0.39 is 42.2 Å². The molecular weight excluding hydrogens is 258 g/mol. The molecule has 0 aliphatic carbocycles. The molecule has 0 fully saturated rings. The third-order valence-electron chi connectivity index (χ3n) is 2.16. The van der Waals surface area contributed by atoms with Crippen LogP contribution < -0.4 is 16.4 Å². The summed E-state index contributed by atoms with van der Waals surface area (Å²) in [5, 5.41) is 8.56. The third-order valence-corrected chi connectivity index (χ3v) is 2.16. The first kappa shape index (κ1) is 14.4. The first-order valence-electron chi connectivity index (χ1n) is 5.06. The molecule has 2 amide bonds. The van der Waals surface area contributed by atoms with E-state index >= 15 is 0 Å². The lowest BCUT2D eigenvalue weighted by Gasteiger charge is -2.22. The van der Waals surface area contributed by atoms with Gasteiger partial charge >= 0.3 is 0 Å². The van der Waals surface area contributed by atoms with Gasteiger partial charge in [0.2, 0.25) is 11.8 Å². The molecule has 8 heteroatoms. The van der Waals surface area contributed by atoms with Crippen molar-refractivity contribution in [2.24, 2.45) is 11.5 Å². The van der Waals surface area contributed by atoms with E-state index in [0.717, 1.165) is 17.0 Å². The van der Waals surface area contributed by atoms with Crippen LogP contribution in [0.1, 0.15) is 5.56 Å². The summed E-state index contributed by atoms with van der Waals surface area (Å²) in [6, 6.07) is 3.14. The lowest BCUT2D eigenvalue weighted by Crippen LogP contribution is -2.40. The Balaban J connectivity index is 3.26. The average molecular weight is 268 g/mol. The molecule has 6 nitrogen and oxygen atoms in total. The van der Waals surface area contributed by atoms with Crippen molar-refractivity contribution in [3.05, 3.63) is 29.3 Å². The number of nitrogens with two attached hydrogens (primary N) is 2. The normalized spacial score (nSPS) is 9.74. The highest BCUT2D eigenvalue weighted by Crippen LogP contribution is 2.24. The molecule has 1 aromatic carbocycles. The number of nitrogens with zero attached hydrogens (tertiary/aromatic N) is 2. The predicted molar refractivity (Wildman–Crippen MR) is 61.7 cm³/mol. The predicted octanol–water partition coefficient (Wildman–Crippen LogP) is -0.387. The van der Waals surface area contributed by atoms with Crippen molar-refractivity contribution in [3.63, 3.8) is 0 Å². The van der Waals surface area contributed by atoms with Crippen LogP contribution in [0, 0.1) is 23.0 Å². The van der Waals surface area contributed by atoms with Gasteiger partial charge in [0.15, 0.2) is 11.6 Å². The maximum Gasteiger partial charge on any atom is 0.236 e. The molecule has 0 saturated carbocycles. The Labute approximate surface area is 107 Å². The maximum atomic E-state index is 13.7. The van der Waals surface area contributed by atoms with E-state index in [1.54, 1.807) is 6.07 Å². The first-order chi connectivity index (χ1) is 8.85. The molecule has 1 aromatic rings. The summed E-state index contributed by atoms with van der Waals surface area (Å²) in [6.45, 7) is -1.16. The zero-order valence-corrected chi connectivity index (χ0v) is 9.69. The molecule has 0 unspecified atom stereocenters. The van der Waals surface area contributed by atoms with Crippen molar-refractivity contribution >= 4 is 17.5 Å². The van der Waals surface area contributed by atoms with Gasteiger partial charge in [0.25, 0.3) is 0 Å². The summed E-state index contributed by atoms with van der Waals surface area (Å²) >= 11 is 0. The smallest absolute Gasteiger partial charge is 0.236 e. The second-order valence-corrected chi connectivity index (χ2v) is 3.69. The van der Waals surface area contributed by atoms with Gasteiger partial charge < -0.3 is 16.4 Å². The minimum Gasteiger partial charge on any atom is -0.368 e. The van der Waals surface area contributed by atoms with Crippen molar-refractivity contribution in [3.8, 4) is 6.07 Å². The average Bonchev–Trinajstić information content (AvgIpc) is 2.25. The highest BCUT2D eigenvalue weighted by molar-refractivity contribution is 5.85. The number of hydrogen-bond acceptors (Lipinski definition) is 4. The van der Waals surface area contributed by atoms with Gasteiger partial charge in [-0.05, 0) is 12.1 Å². The highest BCUT2D eigenvalue weighted by atomic mass is 19.1. The van der Waals surface area contributed by atoms with E-state index in [1.165, 1.54) is 0 Å². The lowest BCUT2D eigenvalue weighted by atomic mass is 10.2. The number of benzene rings is 1. The number of anilines is 1. The van der Waals surface area contributed by atoms with Gasteiger partial charge in [-0.15, -0.1) is 0 Å². The summed E-state index contributed by atoms with van der Waals surface area (Å²) < 4.78 is 27.4. The van der Waals surface area contributed by atoms with Crippen molar-refractivity contribution in [1.29, 1.82) is 5.26 Å². The first-order valence-corrected chi connectivity index (χ1v) is 5.06. The Morgan fingerprint density at radius 3 is 1.89 bits per heavy atom. The molecule has 0 radical (unpaired) electrons. The van der Waals surface area contributed by atoms with Crippen LogP contribution in [-0.2, 0) is 9.59 Å². The number of amides is 2. The van der Waals surface area contributed by atoms with Crippen molar-refractivity contribution < 1.29 is 18.4 Å². The number of nitriles is 1. The fourth-order valence-corrected chi connectivity index (χ4v) is 1.52. The van der Waals surface area contributed by atoms with Gasteiger partial charge in [0.1, 0.15) is 5.69 Å². The highest BCUT2D eigenvalue weighted by Gasteiger charge is 2.21. The quantitative estimate of drug-likeness (QED) is 0.757. The number of primary amides is 2. The standard InChI is InChI=1S/C11H10F2N4O2/c12-7-1-6(3-14)2-8(13)11(7)17(4-9(15)18)5-10(16)19/h1-2H,4-5H2,(H2,15,18)(H2,16,19). The van der Waals surface area contributed by atoms with Crippen molar-refractivity contribution in [2.75, 3.05) is 18.0 Å². The van der Waals surface area contributed by atoms with Crippen LogP contribution in [0.2, 0.25) is 0 Å². The summed E-state index contributed by atoms with van der Waals surface area (Å²) in [5.74, 6) is -3.94. The Kier molecular flexibility index (Phi) is 4.36. The molecule has 4 N–H and O–H groups in total. The largest absolute Gasteiger partial charge is 0.368 e. The van der Waals surface area contributed by atoms with Crippen LogP contribution in [0.4, 0.5) is 14.5 Å². The van der Waals surface area contributed by atoms with E-state index in [0.29, 0.717) is 0 Å². The number of rotatable bonds is 5. The van der Waals surface area contributed by atoms with Gasteiger partial charge in [-0.3, -0.25) is 9.59 Å². The van der Waals surface area contributed by atoms with Crippen molar-refractivity contribution in [1.82, 2.24) is 0 Å². The molecule has 19 heavy (non-hydrogen) atoms. The minimum atomic E-state index is -1.08. The topological polar surface area (TPSA) is 113 Å². The molecule has 0 spiro atoms. The molecule has 100 valence electrons. The molecule has 0 aliphatic rings. The van der Waals surface area contributed by atoms with E-state index in [9.17, 15) is 18.4 Å². The molecule has 0 aromatic heterocycles. The third kappa shape index (κ3) is 3.64. The zero-order chi connectivity index (χ0) is 14.6. The van der Waals surface area contributed by atoms with Crippen LogP contribution in [0.5, 0.6) is 0 Å². The van der Waals surface area contributed by atoms with Gasteiger partial charge in [-0.25, -0.2) is 8.78 Å². The summed E-state index contributed by atoms with van der Waals surface area (Å²) in [5.41, 5.74) is 9.01. The molecular formula is C11H10F2N4O2. The molecule has 0 heterocycles. The fraction of sp³-hybridized carbons (Fsp3) is 0.182. The van der Waals surface area contributed by atoms with Gasteiger partial charge in [0, 0.05) is 0 Å². The Bertz CT molecular complexity index is 529. The van der Waals surface area contributed by atoms with E-state index in [1.807, 2.05) is 0 Å². The van der Waals surface area contributed by atoms with Gasteiger partial charge in [-0.1, -0.05) is 0 Å².